The normalized spacial score (nSPS) is 9.50. The average Bonchev–Trinajstić information content (AvgIpc) is 2.04. The average molecular weight is 172 g/mol. The summed E-state index contributed by atoms with van der Waals surface area (Å²) < 4.78 is 0. The van der Waals surface area contributed by atoms with E-state index in [1.807, 2.05) is 0 Å². The third-order valence-corrected chi connectivity index (χ3v) is 1.43. The summed E-state index contributed by atoms with van der Waals surface area (Å²) in [5, 5.41) is 8.62. The third-order valence-electron chi connectivity index (χ3n) is 1.43. The second kappa shape index (κ2) is 6.82. The van der Waals surface area contributed by atoms with Crippen molar-refractivity contribution in [1.82, 2.24) is 4.90 Å². The second-order valence-corrected chi connectivity index (χ2v) is 2.39. The molecule has 0 aliphatic carbocycles. The third kappa shape index (κ3) is 4.10. The minimum Gasteiger partial charge on any atom is -0.395 e. The summed E-state index contributed by atoms with van der Waals surface area (Å²) in [6, 6.07) is 0. The van der Waals surface area contributed by atoms with E-state index in [4.69, 9.17) is 10.8 Å². The van der Waals surface area contributed by atoms with Gasteiger partial charge >= 0.3 is 0 Å². The first-order valence-corrected chi connectivity index (χ1v) is 3.95. The lowest BCUT2D eigenvalue weighted by molar-refractivity contribution is -0.130. The van der Waals surface area contributed by atoms with Crippen molar-refractivity contribution >= 4 is 5.91 Å². The van der Waals surface area contributed by atoms with Crippen molar-refractivity contribution in [2.45, 2.75) is 6.42 Å². The number of aliphatic hydroxyl groups is 1. The van der Waals surface area contributed by atoms with Crippen LogP contribution >= 0.6 is 0 Å². The molecular formula is C8H16N2O2. The Labute approximate surface area is 72.7 Å². The molecule has 3 N–H and O–H groups in total. The maximum absolute atomic E-state index is 11.2. The molecule has 0 heterocycles. The van der Waals surface area contributed by atoms with Crippen molar-refractivity contribution in [2.75, 3.05) is 26.2 Å². The SMILES string of the molecule is C=CCN(CCO)C(=O)CCN. The van der Waals surface area contributed by atoms with Gasteiger partial charge in [-0.15, -0.1) is 6.58 Å². The molecule has 0 aromatic carbocycles. The van der Waals surface area contributed by atoms with Gasteiger partial charge in [0.2, 0.25) is 5.91 Å². The number of amides is 1. The zero-order chi connectivity index (χ0) is 9.40. The number of carbonyl (C=O) groups excluding carboxylic acids is 1. The van der Waals surface area contributed by atoms with Gasteiger partial charge in [0, 0.05) is 26.1 Å². The Morgan fingerprint density at radius 1 is 1.67 bits per heavy atom. The van der Waals surface area contributed by atoms with Crippen LogP contribution in [0.4, 0.5) is 0 Å². The van der Waals surface area contributed by atoms with Crippen LogP contribution in [0.1, 0.15) is 6.42 Å². The fourth-order valence-electron chi connectivity index (χ4n) is 0.876. The smallest absolute Gasteiger partial charge is 0.224 e. The van der Waals surface area contributed by atoms with Crippen molar-refractivity contribution in [3.63, 3.8) is 0 Å². The molecule has 4 heteroatoms. The second-order valence-electron chi connectivity index (χ2n) is 2.39. The highest BCUT2D eigenvalue weighted by atomic mass is 16.3. The summed E-state index contributed by atoms with van der Waals surface area (Å²) in [4.78, 5) is 12.7. The molecular weight excluding hydrogens is 156 g/mol. The molecule has 0 fully saturated rings. The molecule has 0 unspecified atom stereocenters. The molecule has 0 aromatic rings. The fraction of sp³-hybridized carbons (Fsp3) is 0.625. The quantitative estimate of drug-likeness (QED) is 0.523. The van der Waals surface area contributed by atoms with Gasteiger partial charge in [-0.05, 0) is 0 Å². The molecule has 0 aromatic heterocycles. The van der Waals surface area contributed by atoms with Gasteiger partial charge in [0.05, 0.1) is 6.61 Å². The predicted molar refractivity (Wildman–Crippen MR) is 47.5 cm³/mol. The zero-order valence-electron chi connectivity index (χ0n) is 7.20. The topological polar surface area (TPSA) is 66.6 Å². The van der Waals surface area contributed by atoms with Gasteiger partial charge in [-0.25, -0.2) is 0 Å². The molecule has 4 nitrogen and oxygen atoms in total. The molecule has 0 atom stereocenters. The first kappa shape index (κ1) is 11.1. The van der Waals surface area contributed by atoms with E-state index in [1.54, 1.807) is 6.08 Å². The predicted octanol–water partition coefficient (Wildman–Crippen LogP) is -0.658. The van der Waals surface area contributed by atoms with E-state index in [0.29, 0.717) is 26.1 Å². The lowest BCUT2D eigenvalue weighted by atomic mass is 10.3. The van der Waals surface area contributed by atoms with Gasteiger partial charge in [-0.1, -0.05) is 6.08 Å². The molecule has 70 valence electrons. The summed E-state index contributed by atoms with van der Waals surface area (Å²) in [6.45, 7) is 4.66. The van der Waals surface area contributed by atoms with E-state index in [-0.39, 0.29) is 12.5 Å². The Balaban J connectivity index is 3.89. The number of nitrogens with two attached hydrogens (primary N) is 1. The fourth-order valence-corrected chi connectivity index (χ4v) is 0.876. The number of hydrogen-bond acceptors (Lipinski definition) is 3. The standard InChI is InChI=1S/C8H16N2O2/c1-2-5-10(6-7-11)8(12)3-4-9/h2,11H,1,3-7,9H2. The van der Waals surface area contributed by atoms with Crippen LogP contribution in [0.5, 0.6) is 0 Å². The van der Waals surface area contributed by atoms with E-state index in [9.17, 15) is 4.79 Å². The molecule has 12 heavy (non-hydrogen) atoms. The Morgan fingerprint density at radius 3 is 2.75 bits per heavy atom. The lowest BCUT2D eigenvalue weighted by Gasteiger charge is -2.19. The van der Waals surface area contributed by atoms with Crippen molar-refractivity contribution in [1.29, 1.82) is 0 Å². The number of rotatable bonds is 6. The van der Waals surface area contributed by atoms with Gasteiger partial charge in [-0.3, -0.25) is 4.79 Å². The summed E-state index contributed by atoms with van der Waals surface area (Å²) in [6.07, 6.45) is 1.96. The maximum atomic E-state index is 11.2. The minimum atomic E-state index is -0.0357. The number of hydrogen-bond donors (Lipinski definition) is 2. The van der Waals surface area contributed by atoms with Crippen LogP contribution in [0.15, 0.2) is 12.7 Å². The highest BCUT2D eigenvalue weighted by Crippen LogP contribution is 1.92. The van der Waals surface area contributed by atoms with Crippen LogP contribution in [0.2, 0.25) is 0 Å². The van der Waals surface area contributed by atoms with Gasteiger partial charge < -0.3 is 15.7 Å². The molecule has 0 saturated carbocycles. The largest absolute Gasteiger partial charge is 0.395 e. The zero-order valence-corrected chi connectivity index (χ0v) is 7.20. The van der Waals surface area contributed by atoms with Crippen LogP contribution in [-0.2, 0) is 4.79 Å². The van der Waals surface area contributed by atoms with E-state index in [0.717, 1.165) is 0 Å². The van der Waals surface area contributed by atoms with Gasteiger partial charge in [-0.2, -0.15) is 0 Å². The van der Waals surface area contributed by atoms with Crippen LogP contribution in [0.25, 0.3) is 0 Å². The Hall–Kier alpha value is -0.870. The van der Waals surface area contributed by atoms with Gasteiger partial charge in [0.25, 0.3) is 0 Å². The maximum Gasteiger partial charge on any atom is 0.224 e. The molecule has 0 bridgehead atoms. The van der Waals surface area contributed by atoms with Crippen LogP contribution in [-0.4, -0.2) is 42.2 Å². The first-order chi connectivity index (χ1) is 5.76. The number of nitrogens with zero attached hydrogens (tertiary/aromatic N) is 1. The highest BCUT2D eigenvalue weighted by molar-refractivity contribution is 5.76. The molecule has 0 aliphatic heterocycles. The molecule has 0 rings (SSSR count). The van der Waals surface area contributed by atoms with E-state index >= 15 is 0 Å². The molecule has 0 radical (unpaired) electrons. The molecule has 0 spiro atoms. The van der Waals surface area contributed by atoms with E-state index < -0.39 is 0 Å². The Morgan fingerprint density at radius 2 is 2.33 bits per heavy atom. The molecule has 1 amide bonds. The van der Waals surface area contributed by atoms with Crippen molar-refractivity contribution in [3.8, 4) is 0 Å². The van der Waals surface area contributed by atoms with Gasteiger partial charge in [0.15, 0.2) is 0 Å². The summed E-state index contributed by atoms with van der Waals surface area (Å²) >= 11 is 0. The Kier molecular flexibility index (Phi) is 6.32. The summed E-state index contributed by atoms with van der Waals surface area (Å²) in [5.74, 6) is -0.0357. The van der Waals surface area contributed by atoms with E-state index in [2.05, 4.69) is 6.58 Å². The van der Waals surface area contributed by atoms with E-state index in [1.165, 1.54) is 4.90 Å². The van der Waals surface area contributed by atoms with Gasteiger partial charge in [0.1, 0.15) is 0 Å². The number of aliphatic hydroxyl groups excluding tert-OH is 1. The van der Waals surface area contributed by atoms with Crippen molar-refractivity contribution in [2.24, 2.45) is 5.73 Å². The minimum absolute atomic E-state index is 0.0237. The Bertz CT molecular complexity index is 148. The van der Waals surface area contributed by atoms with Crippen molar-refractivity contribution in [3.05, 3.63) is 12.7 Å². The van der Waals surface area contributed by atoms with Crippen LogP contribution in [0.3, 0.4) is 0 Å². The summed E-state index contributed by atoms with van der Waals surface area (Å²) in [7, 11) is 0. The highest BCUT2D eigenvalue weighted by Gasteiger charge is 2.09. The van der Waals surface area contributed by atoms with Crippen molar-refractivity contribution < 1.29 is 9.90 Å². The molecule has 0 saturated heterocycles. The van der Waals surface area contributed by atoms with Crippen LogP contribution in [0, 0.1) is 0 Å². The monoisotopic (exact) mass is 172 g/mol. The lowest BCUT2D eigenvalue weighted by Crippen LogP contribution is -2.34. The molecule has 0 aliphatic rings. The number of carbonyl (C=O) groups is 1. The van der Waals surface area contributed by atoms with Crippen LogP contribution < -0.4 is 5.73 Å². The first-order valence-electron chi connectivity index (χ1n) is 3.95. The summed E-state index contributed by atoms with van der Waals surface area (Å²) in [5.41, 5.74) is 5.22.